The summed E-state index contributed by atoms with van der Waals surface area (Å²) in [6, 6.07) is 55.1. The van der Waals surface area contributed by atoms with Gasteiger partial charge in [0.25, 0.3) is 0 Å². The second-order valence-electron chi connectivity index (χ2n) is 15.2. The normalized spacial score (nSPS) is 11.7. The Morgan fingerprint density at radius 1 is 0.618 bits per heavy atom. The molecule has 0 amide bonds. The fourth-order valence-electron chi connectivity index (χ4n) is 7.94. The van der Waals surface area contributed by atoms with Crippen LogP contribution in [0.4, 0.5) is 17.1 Å². The van der Waals surface area contributed by atoms with Crippen molar-refractivity contribution in [2.75, 3.05) is 4.90 Å². The predicted octanol–water partition coefficient (Wildman–Crippen LogP) is 12.6. The fourth-order valence-corrected chi connectivity index (χ4v) is 7.94. The van der Waals surface area contributed by atoms with Gasteiger partial charge in [0.2, 0.25) is 0 Å². The maximum absolute atomic E-state index is 4.96. The molecule has 0 spiro atoms. The van der Waals surface area contributed by atoms with Crippen LogP contribution in [0.2, 0.25) is 0 Å². The largest absolute Gasteiger partial charge is 0.357 e. The molecule has 9 aromatic rings. The Morgan fingerprint density at radius 2 is 1.27 bits per heavy atom. The van der Waals surface area contributed by atoms with Crippen LogP contribution in [0.3, 0.4) is 0 Å². The number of benzene rings is 6. The van der Waals surface area contributed by atoms with Gasteiger partial charge in [0.15, 0.2) is 17.4 Å². The Balaban J connectivity index is 0.00000427. The van der Waals surface area contributed by atoms with E-state index in [9.17, 15) is 0 Å². The van der Waals surface area contributed by atoms with Crippen molar-refractivity contribution in [1.82, 2.24) is 18.7 Å². The molecule has 0 saturated heterocycles. The van der Waals surface area contributed by atoms with Gasteiger partial charge in [-0.05, 0) is 105 Å². The number of rotatable bonds is 6. The first kappa shape index (κ1) is 36.2. The van der Waals surface area contributed by atoms with E-state index in [4.69, 9.17) is 4.98 Å². The predicted molar refractivity (Wildman–Crippen MR) is 225 cm³/mol. The van der Waals surface area contributed by atoms with Gasteiger partial charge in [0, 0.05) is 56.3 Å². The minimum atomic E-state index is -0.0934. The van der Waals surface area contributed by atoms with Crippen molar-refractivity contribution >= 4 is 49.9 Å². The Morgan fingerprint density at radius 3 is 2.04 bits per heavy atom. The van der Waals surface area contributed by atoms with E-state index >= 15 is 0 Å². The van der Waals surface area contributed by atoms with Crippen molar-refractivity contribution in [3.8, 4) is 22.6 Å². The molecule has 0 N–H and O–H groups in total. The van der Waals surface area contributed by atoms with Crippen molar-refractivity contribution in [3.63, 3.8) is 0 Å². The second kappa shape index (κ2) is 14.1. The van der Waals surface area contributed by atoms with Crippen LogP contribution in [-0.2, 0) is 26.6 Å². The molecule has 0 atom stereocenters. The van der Waals surface area contributed by atoms with Gasteiger partial charge in [0.05, 0.1) is 5.54 Å². The molecule has 0 aliphatic rings. The topological polar surface area (TPSA) is 30.9 Å². The summed E-state index contributed by atoms with van der Waals surface area (Å²) in [6.45, 7) is 13.2. The number of imidazole rings is 1. The number of fused-ring (bicyclic) bond motifs is 4. The van der Waals surface area contributed by atoms with Crippen molar-refractivity contribution in [2.45, 2.75) is 47.1 Å². The molecular weight excluding hydrogens is 854 g/mol. The Bertz CT molecular complexity index is 2850. The monoisotopic (exact) mass is 895 g/mol. The van der Waals surface area contributed by atoms with Gasteiger partial charge in [-0.25, -0.2) is 14.1 Å². The molecule has 0 bridgehead atoms. The summed E-state index contributed by atoms with van der Waals surface area (Å²) >= 11 is 0. The summed E-state index contributed by atoms with van der Waals surface area (Å²) in [6.07, 6.45) is 4.12. The molecule has 3 heterocycles. The first-order chi connectivity index (χ1) is 26.2. The summed E-state index contributed by atoms with van der Waals surface area (Å²) in [5, 5.41) is 2.29. The molecule has 0 aliphatic carbocycles. The number of anilines is 3. The summed E-state index contributed by atoms with van der Waals surface area (Å²) in [5.74, 6) is 0.856. The molecule has 6 aromatic carbocycles. The quantitative estimate of drug-likeness (QED) is 0.156. The van der Waals surface area contributed by atoms with Crippen molar-refractivity contribution < 1.29 is 21.1 Å². The molecule has 55 heavy (non-hydrogen) atoms. The van der Waals surface area contributed by atoms with Crippen LogP contribution >= 0.6 is 0 Å². The standard InChI is InChI=1S/C49H42N5.Pt/c1-33-15-7-8-20-40(33)36-27-28-50-47(29-36)54-43-22-10-9-21-41(43)42-26-25-39(31-46(42)54)53(48-34(2)16-13-17-35(48)3)38-19-14-18-37(30-38)51-32-52(49(4,5)6)45-24-12-11-23-44(45)51;/h7-29,32H,1-6H3;/q-1;. The Hall–Kier alpha value is -5.77. The molecule has 3 aromatic heterocycles. The molecule has 0 saturated carbocycles. The van der Waals surface area contributed by atoms with Crippen LogP contribution in [0, 0.1) is 32.9 Å². The number of hydrogen-bond donors (Lipinski definition) is 0. The number of nitrogens with zero attached hydrogens (tertiary/aromatic N) is 5. The maximum atomic E-state index is 4.96. The number of para-hydroxylation sites is 4. The fraction of sp³-hybridized carbons (Fsp3) is 0.143. The molecule has 274 valence electrons. The zero-order chi connectivity index (χ0) is 37.1. The van der Waals surface area contributed by atoms with Crippen LogP contribution in [0.1, 0.15) is 37.5 Å². The van der Waals surface area contributed by atoms with Crippen molar-refractivity contribution in [3.05, 3.63) is 175 Å². The van der Waals surface area contributed by atoms with Crippen LogP contribution in [-0.4, -0.2) is 18.7 Å². The van der Waals surface area contributed by atoms with E-state index in [2.05, 4.69) is 212 Å². The van der Waals surface area contributed by atoms with Crippen LogP contribution in [0.15, 0.2) is 146 Å². The molecule has 5 nitrogen and oxygen atoms in total. The summed E-state index contributed by atoms with van der Waals surface area (Å²) in [5.41, 5.74) is 14.1. The van der Waals surface area contributed by atoms with Crippen molar-refractivity contribution in [1.29, 1.82) is 0 Å². The first-order valence-corrected chi connectivity index (χ1v) is 18.6. The number of aryl methyl sites for hydroxylation is 3. The zero-order valence-corrected chi connectivity index (χ0v) is 34.2. The molecule has 0 aliphatic heterocycles. The van der Waals surface area contributed by atoms with Crippen molar-refractivity contribution in [2.24, 2.45) is 0 Å². The minimum Gasteiger partial charge on any atom is -0.357 e. The molecule has 0 radical (unpaired) electrons. The van der Waals surface area contributed by atoms with Gasteiger partial charge in [0.1, 0.15) is 5.82 Å². The van der Waals surface area contributed by atoms with E-state index in [1.807, 2.05) is 6.20 Å². The Labute approximate surface area is 337 Å². The number of pyridine rings is 1. The van der Waals surface area contributed by atoms with E-state index < -0.39 is 0 Å². The van der Waals surface area contributed by atoms with E-state index in [1.165, 1.54) is 27.8 Å². The third-order valence-corrected chi connectivity index (χ3v) is 10.5. The van der Waals surface area contributed by atoms with Gasteiger partial charge >= 0.3 is 0 Å². The molecule has 6 heteroatoms. The van der Waals surface area contributed by atoms with E-state index in [0.717, 1.165) is 61.5 Å². The third-order valence-electron chi connectivity index (χ3n) is 10.5. The summed E-state index contributed by atoms with van der Waals surface area (Å²) < 4.78 is 6.86. The van der Waals surface area contributed by atoms with Gasteiger partial charge in [-0.15, -0.1) is 29.7 Å². The SMILES string of the molecule is Cc1ccccc1-c1ccnc(-n2c3[c-]c(N(c4[c-]c(-n5[cH+]n(C(C)(C)C)c6ccccc65)ccc4)c4c(C)cccc4C)ccc3c3ccccc32)c1.[Pt]. The minimum absolute atomic E-state index is 0. The van der Waals surface area contributed by atoms with Gasteiger partial charge in [-0.2, -0.15) is 12.1 Å². The van der Waals surface area contributed by atoms with Crippen LogP contribution < -0.4 is 4.90 Å². The number of hydrogen-bond acceptors (Lipinski definition) is 2. The van der Waals surface area contributed by atoms with Crippen LogP contribution in [0.5, 0.6) is 0 Å². The molecule has 9 rings (SSSR count). The van der Waals surface area contributed by atoms with E-state index in [-0.39, 0.29) is 26.6 Å². The summed E-state index contributed by atoms with van der Waals surface area (Å²) in [7, 11) is 0. The average Bonchev–Trinajstić information content (AvgIpc) is 3.73. The van der Waals surface area contributed by atoms with E-state index in [0.29, 0.717) is 0 Å². The first-order valence-electron chi connectivity index (χ1n) is 18.6. The molecule has 0 unspecified atom stereocenters. The third kappa shape index (κ3) is 6.27. The van der Waals surface area contributed by atoms with Gasteiger partial charge in [-0.3, -0.25) is 0 Å². The molecule has 0 fully saturated rings. The maximum Gasteiger partial charge on any atom is 0.188 e. The van der Waals surface area contributed by atoms with Gasteiger partial charge in [-0.1, -0.05) is 83.6 Å². The average molecular weight is 896 g/mol. The Kier molecular flexibility index (Phi) is 9.31. The molecular formula is C49H42N5Pt-. The van der Waals surface area contributed by atoms with Crippen LogP contribution in [0.25, 0.3) is 55.5 Å². The van der Waals surface area contributed by atoms with E-state index in [1.54, 1.807) is 0 Å². The second-order valence-corrected chi connectivity index (χ2v) is 15.2. The number of aromatic nitrogens is 4. The smallest absolute Gasteiger partial charge is 0.188 e. The summed E-state index contributed by atoms with van der Waals surface area (Å²) in [4.78, 5) is 7.28. The zero-order valence-electron chi connectivity index (χ0n) is 31.9. The van der Waals surface area contributed by atoms with Gasteiger partial charge < -0.3 is 9.47 Å².